The van der Waals surface area contributed by atoms with E-state index in [4.69, 9.17) is 5.73 Å². The first-order chi connectivity index (χ1) is 16.4. The molecule has 0 aliphatic carbocycles. The highest BCUT2D eigenvalue weighted by Gasteiger charge is 2.42. The first kappa shape index (κ1) is 22.7. The number of pyridine rings is 1. The summed E-state index contributed by atoms with van der Waals surface area (Å²) in [7, 11) is 0. The van der Waals surface area contributed by atoms with Crippen LogP contribution in [0.3, 0.4) is 0 Å². The van der Waals surface area contributed by atoms with E-state index in [0.717, 1.165) is 58.8 Å². The van der Waals surface area contributed by atoms with Gasteiger partial charge in [0.1, 0.15) is 5.65 Å². The number of likely N-dealkylation sites (tertiary alicyclic amines) is 2. The molecule has 1 aromatic carbocycles. The lowest BCUT2D eigenvalue weighted by Crippen LogP contribution is -2.37. The molecule has 2 saturated heterocycles. The van der Waals surface area contributed by atoms with Gasteiger partial charge in [-0.15, -0.1) is 0 Å². The van der Waals surface area contributed by atoms with Gasteiger partial charge in [0, 0.05) is 38.3 Å². The quantitative estimate of drug-likeness (QED) is 0.532. The molecule has 0 amide bonds. The third-order valence-electron chi connectivity index (χ3n) is 7.06. The van der Waals surface area contributed by atoms with Gasteiger partial charge in [-0.25, -0.2) is 13.8 Å². The second-order valence-corrected chi connectivity index (χ2v) is 9.24. The molecule has 6 nitrogen and oxygen atoms in total. The number of nitrogens with two attached hydrogens (primary N) is 1. The van der Waals surface area contributed by atoms with E-state index in [2.05, 4.69) is 46.5 Å². The number of fused-ring (bicyclic) bond motifs is 1. The topological polar surface area (TPSA) is 62.2 Å². The molecule has 2 N–H and O–H groups in total. The van der Waals surface area contributed by atoms with Gasteiger partial charge in [0.15, 0.2) is 0 Å². The molecule has 0 radical (unpaired) electrons. The molecule has 0 bridgehead atoms. The van der Waals surface area contributed by atoms with Gasteiger partial charge in [-0.3, -0.25) is 14.3 Å². The van der Waals surface area contributed by atoms with Gasteiger partial charge in [-0.2, -0.15) is 0 Å². The number of hydrogen-bond acceptors (Lipinski definition) is 5. The molecule has 8 heteroatoms. The van der Waals surface area contributed by atoms with E-state index in [0.29, 0.717) is 19.6 Å². The lowest BCUT2D eigenvalue weighted by Gasteiger charge is -2.25. The van der Waals surface area contributed by atoms with Gasteiger partial charge in [0.2, 0.25) is 0 Å². The van der Waals surface area contributed by atoms with Crippen molar-refractivity contribution >= 4 is 23.7 Å². The minimum absolute atomic E-state index is 0.0449. The highest BCUT2D eigenvalue weighted by Crippen LogP contribution is 2.33. The Labute approximate surface area is 198 Å². The zero-order valence-electron chi connectivity index (χ0n) is 19.3. The molecule has 1 unspecified atom stereocenters. The smallest absolute Gasteiger partial charge is 0.261 e. The molecule has 5 rings (SSSR count). The van der Waals surface area contributed by atoms with Crippen molar-refractivity contribution in [2.75, 3.05) is 32.7 Å². The average molecular weight is 465 g/mol. The van der Waals surface area contributed by atoms with E-state index in [9.17, 15) is 8.78 Å². The van der Waals surface area contributed by atoms with Crippen LogP contribution in [0.2, 0.25) is 0 Å². The highest BCUT2D eigenvalue weighted by molar-refractivity contribution is 5.72. The summed E-state index contributed by atoms with van der Waals surface area (Å²) in [6.07, 6.45) is 5.47. The van der Waals surface area contributed by atoms with Crippen molar-refractivity contribution in [3.63, 3.8) is 0 Å². The van der Waals surface area contributed by atoms with Crippen LogP contribution in [0.4, 0.5) is 14.5 Å². The van der Waals surface area contributed by atoms with E-state index in [1.54, 1.807) is 0 Å². The Kier molecular flexibility index (Phi) is 5.95. The first-order valence-electron chi connectivity index (χ1n) is 11.7. The largest absolute Gasteiger partial charge is 0.369 e. The van der Waals surface area contributed by atoms with Crippen LogP contribution < -0.4 is 5.73 Å². The summed E-state index contributed by atoms with van der Waals surface area (Å²) in [6.45, 7) is 10.4. The molecule has 2 aromatic heterocycles. The van der Waals surface area contributed by atoms with Crippen LogP contribution >= 0.6 is 0 Å². The van der Waals surface area contributed by atoms with Gasteiger partial charge in [0.05, 0.1) is 29.8 Å². The van der Waals surface area contributed by atoms with Crippen molar-refractivity contribution in [2.45, 2.75) is 31.2 Å². The summed E-state index contributed by atoms with van der Waals surface area (Å²) in [5.41, 5.74) is 12.3. The van der Waals surface area contributed by atoms with Crippen LogP contribution in [0.5, 0.6) is 0 Å². The second kappa shape index (κ2) is 8.92. The molecule has 2 aliphatic rings. The molecule has 4 heterocycles. The molecular formula is C26H30F2N6. The summed E-state index contributed by atoms with van der Waals surface area (Å²) in [5.74, 6) is -2.56. The number of nitrogens with zero attached hydrogens (tertiary/aromatic N) is 5. The van der Waals surface area contributed by atoms with E-state index in [-0.39, 0.29) is 19.0 Å². The van der Waals surface area contributed by atoms with Crippen LogP contribution in [0.25, 0.3) is 22.5 Å². The lowest BCUT2D eigenvalue weighted by atomic mass is 10.0. The zero-order chi connectivity index (χ0) is 23.9. The second-order valence-electron chi connectivity index (χ2n) is 9.24. The maximum absolute atomic E-state index is 13.7. The summed E-state index contributed by atoms with van der Waals surface area (Å²) in [6, 6.07) is 10.3. The zero-order valence-corrected chi connectivity index (χ0v) is 19.3. The lowest BCUT2D eigenvalue weighted by molar-refractivity contribution is 0.00824. The molecule has 0 spiro atoms. The van der Waals surface area contributed by atoms with E-state index in [1.165, 1.54) is 0 Å². The van der Waals surface area contributed by atoms with E-state index in [1.807, 2.05) is 33.7 Å². The minimum atomic E-state index is -2.56. The predicted octanol–water partition coefficient (Wildman–Crippen LogP) is 4.22. The van der Waals surface area contributed by atoms with Crippen LogP contribution in [-0.4, -0.2) is 70.6 Å². The van der Waals surface area contributed by atoms with Crippen molar-refractivity contribution in [3.05, 3.63) is 60.6 Å². The third kappa shape index (κ3) is 4.23. The molecule has 34 heavy (non-hydrogen) atoms. The maximum atomic E-state index is 13.7. The predicted molar refractivity (Wildman–Crippen MR) is 133 cm³/mol. The number of aromatic nitrogens is 2. The van der Waals surface area contributed by atoms with Gasteiger partial charge < -0.3 is 10.6 Å². The van der Waals surface area contributed by atoms with Crippen LogP contribution in [0, 0.1) is 0 Å². The first-order valence-corrected chi connectivity index (χ1v) is 11.7. The summed E-state index contributed by atoms with van der Waals surface area (Å²) >= 11 is 0. The van der Waals surface area contributed by atoms with E-state index < -0.39 is 5.92 Å². The average Bonchev–Trinajstić information content (AvgIpc) is 3.56. The Morgan fingerprint density at radius 3 is 2.76 bits per heavy atom. The molecule has 1 atom stereocenters. The highest BCUT2D eigenvalue weighted by atomic mass is 19.3. The molecule has 0 saturated carbocycles. The normalized spacial score (nSPS) is 20.3. The van der Waals surface area contributed by atoms with Gasteiger partial charge in [-0.05, 0) is 61.0 Å². The number of alkyl halides is 2. The molecule has 3 aromatic rings. The van der Waals surface area contributed by atoms with Crippen molar-refractivity contribution < 1.29 is 8.78 Å². The van der Waals surface area contributed by atoms with Gasteiger partial charge in [0.25, 0.3) is 5.92 Å². The molecular weight excluding hydrogens is 434 g/mol. The van der Waals surface area contributed by atoms with Crippen molar-refractivity contribution in [2.24, 2.45) is 10.7 Å². The van der Waals surface area contributed by atoms with Gasteiger partial charge in [-0.1, -0.05) is 18.7 Å². The summed E-state index contributed by atoms with van der Waals surface area (Å²) < 4.78 is 29.4. The summed E-state index contributed by atoms with van der Waals surface area (Å²) in [4.78, 5) is 12.9. The summed E-state index contributed by atoms with van der Waals surface area (Å²) in [5, 5.41) is 0. The Hall–Kier alpha value is -3.10. The fourth-order valence-corrected chi connectivity index (χ4v) is 5.14. The Morgan fingerprint density at radius 2 is 2.03 bits per heavy atom. The Bertz CT molecular complexity index is 1230. The molecule has 178 valence electrons. The molecule has 2 fully saturated rings. The number of imidazole rings is 1. The van der Waals surface area contributed by atoms with Crippen molar-refractivity contribution in [1.82, 2.24) is 19.2 Å². The fourth-order valence-electron chi connectivity index (χ4n) is 5.14. The van der Waals surface area contributed by atoms with E-state index >= 15 is 0 Å². The Balaban J connectivity index is 1.38. The fraction of sp³-hybridized carbons (Fsp3) is 0.385. The standard InChI is InChI=1S/C26H30F2N6/c1-18(32-11-8-22(16-32)33-12-9-26(27,28)17-33)24-14-31-25-6-5-21(15-34(24)25)20-4-3-19(7-10-29)23(13-20)30-2/h3-6,13-15,22H,1-2,7-12,16-17,29H2. The molecule has 2 aliphatic heterocycles. The number of benzene rings is 1. The number of hydrogen-bond donors (Lipinski definition) is 1. The SMILES string of the molecule is C=Nc1cc(-c2ccc3ncc(C(=C)N4CCC(N5CCC(F)(F)C5)C4)n3c2)ccc1CCN. The van der Waals surface area contributed by atoms with Crippen LogP contribution in [-0.2, 0) is 6.42 Å². The number of aliphatic imine (C=N–C) groups is 1. The van der Waals surface area contributed by atoms with Crippen LogP contribution in [0.15, 0.2) is 54.3 Å². The maximum Gasteiger partial charge on any atom is 0.261 e. The minimum Gasteiger partial charge on any atom is -0.369 e. The Morgan fingerprint density at radius 1 is 1.21 bits per heavy atom. The number of rotatable bonds is 7. The van der Waals surface area contributed by atoms with Crippen molar-refractivity contribution in [3.8, 4) is 11.1 Å². The van der Waals surface area contributed by atoms with Gasteiger partial charge >= 0.3 is 0 Å². The van der Waals surface area contributed by atoms with Crippen LogP contribution in [0.1, 0.15) is 24.1 Å². The van der Waals surface area contributed by atoms with Crippen molar-refractivity contribution in [1.29, 1.82) is 0 Å². The number of halogens is 2. The monoisotopic (exact) mass is 464 g/mol. The third-order valence-corrected chi connectivity index (χ3v) is 7.06.